The SMILES string of the molecule is C=CCOCC(NC(=O)c1ccc2c(c1)CCC=C2)C(=O)O. The molecule has 22 heavy (non-hydrogen) atoms. The highest BCUT2D eigenvalue weighted by Gasteiger charge is 2.21. The zero-order valence-corrected chi connectivity index (χ0v) is 12.2. The van der Waals surface area contributed by atoms with Crippen molar-refractivity contribution in [3.05, 3.63) is 53.6 Å². The molecule has 1 aromatic rings. The third kappa shape index (κ3) is 4.05. The lowest BCUT2D eigenvalue weighted by molar-refractivity contribution is -0.140. The first-order chi connectivity index (χ1) is 10.6. The van der Waals surface area contributed by atoms with Gasteiger partial charge in [-0.3, -0.25) is 4.79 Å². The van der Waals surface area contributed by atoms with Gasteiger partial charge in [0.2, 0.25) is 0 Å². The first kappa shape index (κ1) is 16.0. The van der Waals surface area contributed by atoms with Crippen LogP contribution in [-0.4, -0.2) is 36.2 Å². The molecule has 2 N–H and O–H groups in total. The van der Waals surface area contributed by atoms with E-state index >= 15 is 0 Å². The maximum atomic E-state index is 12.2. The largest absolute Gasteiger partial charge is 0.480 e. The molecule has 2 rings (SSSR count). The molecule has 0 aliphatic heterocycles. The smallest absolute Gasteiger partial charge is 0.328 e. The number of ether oxygens (including phenoxy) is 1. The van der Waals surface area contributed by atoms with E-state index in [1.165, 1.54) is 6.08 Å². The Hall–Kier alpha value is -2.40. The molecule has 1 aromatic carbocycles. The molecule has 5 heteroatoms. The van der Waals surface area contributed by atoms with Crippen molar-refractivity contribution in [2.24, 2.45) is 0 Å². The fourth-order valence-corrected chi connectivity index (χ4v) is 2.26. The van der Waals surface area contributed by atoms with Crippen LogP contribution < -0.4 is 5.32 Å². The molecule has 0 heterocycles. The third-order valence-corrected chi connectivity index (χ3v) is 3.41. The zero-order chi connectivity index (χ0) is 15.9. The molecule has 5 nitrogen and oxygen atoms in total. The van der Waals surface area contributed by atoms with E-state index in [0.29, 0.717) is 5.56 Å². The molecule has 0 radical (unpaired) electrons. The summed E-state index contributed by atoms with van der Waals surface area (Å²) in [5, 5.41) is 11.6. The van der Waals surface area contributed by atoms with Crippen LogP contribution in [0.4, 0.5) is 0 Å². The van der Waals surface area contributed by atoms with E-state index < -0.39 is 17.9 Å². The minimum Gasteiger partial charge on any atom is -0.480 e. The number of carbonyl (C=O) groups is 2. The highest BCUT2D eigenvalue weighted by molar-refractivity contribution is 5.97. The fraction of sp³-hybridized carbons (Fsp3) is 0.294. The van der Waals surface area contributed by atoms with Crippen molar-refractivity contribution in [1.29, 1.82) is 0 Å². The Morgan fingerprint density at radius 3 is 3.00 bits per heavy atom. The van der Waals surface area contributed by atoms with Crippen molar-refractivity contribution in [2.45, 2.75) is 18.9 Å². The molecule has 1 aliphatic carbocycles. The van der Waals surface area contributed by atoms with Gasteiger partial charge in [0, 0.05) is 5.56 Å². The summed E-state index contributed by atoms with van der Waals surface area (Å²) in [6.07, 6.45) is 7.49. The predicted molar refractivity (Wildman–Crippen MR) is 83.7 cm³/mol. The first-order valence-electron chi connectivity index (χ1n) is 7.13. The Morgan fingerprint density at radius 1 is 1.45 bits per heavy atom. The Morgan fingerprint density at radius 2 is 2.27 bits per heavy atom. The second-order valence-electron chi connectivity index (χ2n) is 5.05. The van der Waals surface area contributed by atoms with E-state index in [4.69, 9.17) is 9.84 Å². The van der Waals surface area contributed by atoms with Crippen molar-refractivity contribution in [3.8, 4) is 0 Å². The number of benzene rings is 1. The summed E-state index contributed by atoms with van der Waals surface area (Å²) >= 11 is 0. The van der Waals surface area contributed by atoms with Crippen LogP contribution in [0.25, 0.3) is 6.08 Å². The van der Waals surface area contributed by atoms with Crippen LogP contribution in [0.3, 0.4) is 0 Å². The molecular weight excluding hydrogens is 282 g/mol. The second kappa shape index (κ2) is 7.56. The number of amides is 1. The van der Waals surface area contributed by atoms with Gasteiger partial charge in [-0.1, -0.05) is 24.3 Å². The average Bonchev–Trinajstić information content (AvgIpc) is 2.53. The minimum absolute atomic E-state index is 0.0965. The van der Waals surface area contributed by atoms with Gasteiger partial charge in [0.15, 0.2) is 6.04 Å². The lowest BCUT2D eigenvalue weighted by Crippen LogP contribution is -2.44. The van der Waals surface area contributed by atoms with Crippen LogP contribution in [0.2, 0.25) is 0 Å². The van der Waals surface area contributed by atoms with Gasteiger partial charge in [-0.2, -0.15) is 0 Å². The van der Waals surface area contributed by atoms with Gasteiger partial charge in [0.25, 0.3) is 5.91 Å². The number of aliphatic carboxylic acids is 1. The van der Waals surface area contributed by atoms with Crippen LogP contribution in [0.5, 0.6) is 0 Å². The van der Waals surface area contributed by atoms with E-state index in [-0.39, 0.29) is 13.2 Å². The summed E-state index contributed by atoms with van der Waals surface area (Å²) in [7, 11) is 0. The molecule has 0 saturated carbocycles. The van der Waals surface area contributed by atoms with Crippen molar-refractivity contribution < 1.29 is 19.4 Å². The molecule has 0 spiro atoms. The maximum absolute atomic E-state index is 12.2. The number of allylic oxidation sites excluding steroid dienone is 1. The molecule has 1 atom stereocenters. The molecule has 1 aliphatic rings. The number of carbonyl (C=O) groups excluding carboxylic acids is 1. The molecule has 0 bridgehead atoms. The zero-order valence-electron chi connectivity index (χ0n) is 12.2. The highest BCUT2D eigenvalue weighted by Crippen LogP contribution is 2.20. The van der Waals surface area contributed by atoms with Crippen molar-refractivity contribution >= 4 is 18.0 Å². The molecule has 1 amide bonds. The van der Waals surface area contributed by atoms with Gasteiger partial charge >= 0.3 is 5.97 Å². The number of carboxylic acid groups (broad SMARTS) is 1. The van der Waals surface area contributed by atoms with Gasteiger partial charge in [-0.25, -0.2) is 4.79 Å². The second-order valence-corrected chi connectivity index (χ2v) is 5.05. The van der Waals surface area contributed by atoms with Crippen LogP contribution in [0.15, 0.2) is 36.9 Å². The molecule has 0 fully saturated rings. The van der Waals surface area contributed by atoms with Crippen LogP contribution in [0.1, 0.15) is 27.9 Å². The van der Waals surface area contributed by atoms with Gasteiger partial charge in [-0.05, 0) is 36.1 Å². The topological polar surface area (TPSA) is 75.6 Å². The van der Waals surface area contributed by atoms with Crippen LogP contribution >= 0.6 is 0 Å². The quantitative estimate of drug-likeness (QED) is 0.597. The van der Waals surface area contributed by atoms with Crippen LogP contribution in [0, 0.1) is 0 Å². The Bertz CT molecular complexity index is 607. The number of hydrogen-bond donors (Lipinski definition) is 2. The summed E-state index contributed by atoms with van der Waals surface area (Å²) in [4.78, 5) is 23.4. The van der Waals surface area contributed by atoms with Crippen molar-refractivity contribution in [1.82, 2.24) is 5.32 Å². The van der Waals surface area contributed by atoms with Crippen LogP contribution in [-0.2, 0) is 16.0 Å². The number of nitrogens with one attached hydrogen (secondary N) is 1. The molecule has 0 aromatic heterocycles. The standard InChI is InChI=1S/C17H19NO4/c1-2-9-22-11-15(17(20)21)18-16(19)14-8-7-12-5-3-4-6-13(12)10-14/h2-3,5,7-8,10,15H,1,4,6,9,11H2,(H,18,19)(H,20,21). The van der Waals surface area contributed by atoms with Gasteiger partial charge in [0.05, 0.1) is 13.2 Å². The van der Waals surface area contributed by atoms with E-state index in [2.05, 4.69) is 18.0 Å². The monoisotopic (exact) mass is 301 g/mol. The summed E-state index contributed by atoms with van der Waals surface area (Å²) in [6, 6.07) is 4.32. The number of aryl methyl sites for hydroxylation is 1. The number of carboxylic acids is 1. The van der Waals surface area contributed by atoms with E-state index in [1.54, 1.807) is 6.07 Å². The van der Waals surface area contributed by atoms with Gasteiger partial charge in [-0.15, -0.1) is 6.58 Å². The normalized spacial score (nSPS) is 14.0. The van der Waals surface area contributed by atoms with Crippen molar-refractivity contribution in [3.63, 3.8) is 0 Å². The summed E-state index contributed by atoms with van der Waals surface area (Å²) < 4.78 is 5.11. The Balaban J connectivity index is 2.05. The average molecular weight is 301 g/mol. The molecular formula is C17H19NO4. The summed E-state index contributed by atoms with van der Waals surface area (Å²) in [5.74, 6) is -1.54. The Labute approximate surface area is 129 Å². The van der Waals surface area contributed by atoms with E-state index in [1.807, 2.05) is 18.2 Å². The Kier molecular flexibility index (Phi) is 5.49. The first-order valence-corrected chi connectivity index (χ1v) is 7.13. The summed E-state index contributed by atoms with van der Waals surface area (Å²) in [6.45, 7) is 3.63. The predicted octanol–water partition coefficient (Wildman–Crippen LogP) is 2.03. The summed E-state index contributed by atoms with van der Waals surface area (Å²) in [5.41, 5.74) is 2.67. The molecule has 0 saturated heterocycles. The maximum Gasteiger partial charge on any atom is 0.328 e. The number of hydrogen-bond acceptors (Lipinski definition) is 3. The van der Waals surface area contributed by atoms with Gasteiger partial charge in [0.1, 0.15) is 0 Å². The number of rotatable bonds is 7. The van der Waals surface area contributed by atoms with Crippen molar-refractivity contribution in [2.75, 3.05) is 13.2 Å². The number of fused-ring (bicyclic) bond motifs is 1. The lowest BCUT2D eigenvalue weighted by Gasteiger charge is -2.16. The highest BCUT2D eigenvalue weighted by atomic mass is 16.5. The van der Waals surface area contributed by atoms with E-state index in [9.17, 15) is 9.59 Å². The molecule has 116 valence electrons. The minimum atomic E-state index is -1.13. The van der Waals surface area contributed by atoms with E-state index in [0.717, 1.165) is 24.0 Å². The van der Waals surface area contributed by atoms with Gasteiger partial charge < -0.3 is 15.2 Å². The fourth-order valence-electron chi connectivity index (χ4n) is 2.26. The third-order valence-electron chi connectivity index (χ3n) is 3.41. The molecule has 1 unspecified atom stereocenters. The lowest BCUT2D eigenvalue weighted by atomic mass is 9.95.